The summed E-state index contributed by atoms with van der Waals surface area (Å²) in [6.07, 6.45) is 0. The van der Waals surface area contributed by atoms with E-state index in [4.69, 9.17) is 4.98 Å². The highest BCUT2D eigenvalue weighted by Gasteiger charge is 2.22. The minimum Gasteiger partial charge on any atom is -0.506 e. The van der Waals surface area contributed by atoms with E-state index in [2.05, 4.69) is 21.7 Å². The fraction of sp³-hybridized carbons (Fsp3) is 0.444. The van der Waals surface area contributed by atoms with Gasteiger partial charge in [0, 0.05) is 51.5 Å². The van der Waals surface area contributed by atoms with Crippen LogP contribution in [0.2, 0.25) is 0 Å². The number of nitrogens with zero attached hydrogens (tertiary/aromatic N) is 5. The number of para-hydroxylation sites is 2. The zero-order chi connectivity index (χ0) is 17.3. The summed E-state index contributed by atoms with van der Waals surface area (Å²) in [5.74, 6) is 2.11. The third-order valence-corrected chi connectivity index (χ3v) is 4.55. The van der Waals surface area contributed by atoms with Crippen molar-refractivity contribution in [3.05, 3.63) is 35.5 Å². The Labute approximate surface area is 143 Å². The second kappa shape index (κ2) is 6.55. The van der Waals surface area contributed by atoms with Crippen molar-refractivity contribution in [2.75, 3.05) is 55.0 Å². The quantitative estimate of drug-likeness (QED) is 0.933. The monoisotopic (exact) mass is 327 g/mol. The van der Waals surface area contributed by atoms with Crippen molar-refractivity contribution in [1.29, 1.82) is 0 Å². The number of phenols is 1. The summed E-state index contributed by atoms with van der Waals surface area (Å²) < 4.78 is 0. The number of rotatable bonds is 3. The van der Waals surface area contributed by atoms with Crippen molar-refractivity contribution in [2.45, 2.75) is 13.8 Å². The van der Waals surface area contributed by atoms with Gasteiger partial charge in [-0.25, -0.2) is 4.98 Å². The number of hydrogen-bond donors (Lipinski definition) is 1. The normalized spacial score (nSPS) is 14.8. The minimum absolute atomic E-state index is 0.343. The number of piperazine rings is 1. The highest BCUT2D eigenvalue weighted by Crippen LogP contribution is 2.29. The van der Waals surface area contributed by atoms with Crippen LogP contribution in [0.4, 0.5) is 17.5 Å². The average Bonchev–Trinajstić information content (AvgIpc) is 2.58. The molecule has 0 atom stereocenters. The summed E-state index contributed by atoms with van der Waals surface area (Å²) >= 11 is 0. The maximum atomic E-state index is 10.0. The summed E-state index contributed by atoms with van der Waals surface area (Å²) in [5, 5.41) is 10.0. The van der Waals surface area contributed by atoms with Crippen molar-refractivity contribution in [1.82, 2.24) is 9.97 Å². The summed E-state index contributed by atoms with van der Waals surface area (Å²) in [4.78, 5) is 15.8. The van der Waals surface area contributed by atoms with Crippen LogP contribution in [-0.2, 0) is 0 Å². The fourth-order valence-corrected chi connectivity index (χ4v) is 3.00. The maximum absolute atomic E-state index is 10.0. The van der Waals surface area contributed by atoms with Crippen LogP contribution < -0.4 is 14.7 Å². The van der Waals surface area contributed by atoms with Gasteiger partial charge in [-0.3, -0.25) is 0 Å². The van der Waals surface area contributed by atoms with Gasteiger partial charge in [-0.1, -0.05) is 12.1 Å². The molecule has 1 fully saturated rings. The molecule has 2 aromatic rings. The Morgan fingerprint density at radius 3 is 2.21 bits per heavy atom. The molecule has 0 unspecified atom stereocenters. The van der Waals surface area contributed by atoms with E-state index in [0.717, 1.165) is 54.9 Å². The largest absolute Gasteiger partial charge is 0.506 e. The highest BCUT2D eigenvalue weighted by molar-refractivity contribution is 5.59. The maximum Gasteiger partial charge on any atom is 0.227 e. The molecule has 6 nitrogen and oxygen atoms in total. The lowest BCUT2D eigenvalue weighted by Gasteiger charge is -2.37. The van der Waals surface area contributed by atoms with Crippen molar-refractivity contribution in [2.24, 2.45) is 0 Å². The molecule has 0 spiro atoms. The first-order chi connectivity index (χ1) is 11.5. The van der Waals surface area contributed by atoms with Crippen LogP contribution in [0.5, 0.6) is 5.75 Å². The van der Waals surface area contributed by atoms with Gasteiger partial charge in [-0.15, -0.1) is 0 Å². The van der Waals surface area contributed by atoms with Gasteiger partial charge in [0.15, 0.2) is 0 Å². The third kappa shape index (κ3) is 3.09. The Kier molecular flexibility index (Phi) is 4.46. The van der Waals surface area contributed by atoms with Gasteiger partial charge in [0.2, 0.25) is 5.95 Å². The SMILES string of the molecule is Cc1nc(N(C)C)nc(N2CCN(c3ccccc3O)CC2)c1C. The number of phenolic OH excluding ortho intramolecular Hbond substituents is 1. The predicted molar refractivity (Wildman–Crippen MR) is 98.4 cm³/mol. The fourth-order valence-electron chi connectivity index (χ4n) is 3.00. The van der Waals surface area contributed by atoms with E-state index < -0.39 is 0 Å². The summed E-state index contributed by atoms with van der Waals surface area (Å²) in [6.45, 7) is 7.58. The first kappa shape index (κ1) is 16.4. The lowest BCUT2D eigenvalue weighted by molar-refractivity contribution is 0.472. The van der Waals surface area contributed by atoms with Crippen molar-refractivity contribution in [3.63, 3.8) is 0 Å². The third-order valence-electron chi connectivity index (χ3n) is 4.55. The number of aromatic nitrogens is 2. The first-order valence-electron chi connectivity index (χ1n) is 8.28. The van der Waals surface area contributed by atoms with Gasteiger partial charge in [-0.05, 0) is 26.0 Å². The van der Waals surface area contributed by atoms with Gasteiger partial charge in [0.1, 0.15) is 11.6 Å². The molecule has 1 aromatic carbocycles. The van der Waals surface area contributed by atoms with E-state index in [-0.39, 0.29) is 0 Å². The van der Waals surface area contributed by atoms with Crippen LogP contribution in [-0.4, -0.2) is 55.3 Å². The number of anilines is 3. The zero-order valence-electron chi connectivity index (χ0n) is 14.8. The molecule has 3 rings (SSSR count). The van der Waals surface area contributed by atoms with E-state index in [1.807, 2.05) is 44.1 Å². The number of aromatic hydroxyl groups is 1. The van der Waals surface area contributed by atoms with Crippen LogP contribution in [0.25, 0.3) is 0 Å². The van der Waals surface area contributed by atoms with Gasteiger partial charge in [0.05, 0.1) is 5.69 Å². The number of aryl methyl sites for hydroxylation is 1. The molecular weight excluding hydrogens is 302 g/mol. The number of benzene rings is 1. The van der Waals surface area contributed by atoms with Crippen LogP contribution in [0, 0.1) is 13.8 Å². The van der Waals surface area contributed by atoms with Crippen LogP contribution in [0.15, 0.2) is 24.3 Å². The molecule has 128 valence electrons. The molecule has 1 saturated heterocycles. The lowest BCUT2D eigenvalue weighted by Crippen LogP contribution is -2.47. The molecule has 6 heteroatoms. The van der Waals surface area contributed by atoms with Gasteiger partial charge >= 0.3 is 0 Å². The van der Waals surface area contributed by atoms with E-state index in [1.165, 1.54) is 0 Å². The summed E-state index contributed by atoms with van der Waals surface area (Å²) in [5.41, 5.74) is 3.06. The molecule has 0 amide bonds. The predicted octanol–water partition coefficient (Wildman–Crippen LogP) is 2.19. The summed E-state index contributed by atoms with van der Waals surface area (Å²) in [6, 6.07) is 7.52. The molecule has 1 aliphatic heterocycles. The Bertz CT molecular complexity index is 723. The van der Waals surface area contributed by atoms with Crippen LogP contribution in [0.1, 0.15) is 11.3 Å². The topological polar surface area (TPSA) is 55.7 Å². The molecule has 0 bridgehead atoms. The number of hydrogen-bond acceptors (Lipinski definition) is 6. The Morgan fingerprint density at radius 2 is 1.58 bits per heavy atom. The van der Waals surface area contributed by atoms with Crippen molar-refractivity contribution in [3.8, 4) is 5.75 Å². The van der Waals surface area contributed by atoms with E-state index in [9.17, 15) is 5.11 Å². The Balaban J connectivity index is 1.79. The molecule has 1 aliphatic rings. The average molecular weight is 327 g/mol. The van der Waals surface area contributed by atoms with Crippen LogP contribution >= 0.6 is 0 Å². The van der Waals surface area contributed by atoms with Gasteiger partial charge in [-0.2, -0.15) is 4.98 Å². The summed E-state index contributed by atoms with van der Waals surface area (Å²) in [7, 11) is 3.92. The van der Waals surface area contributed by atoms with E-state index in [0.29, 0.717) is 5.75 Å². The van der Waals surface area contributed by atoms with Gasteiger partial charge in [0.25, 0.3) is 0 Å². The van der Waals surface area contributed by atoms with E-state index >= 15 is 0 Å². The first-order valence-corrected chi connectivity index (χ1v) is 8.28. The molecule has 0 saturated carbocycles. The van der Waals surface area contributed by atoms with Gasteiger partial charge < -0.3 is 19.8 Å². The van der Waals surface area contributed by atoms with Crippen molar-refractivity contribution >= 4 is 17.5 Å². The second-order valence-corrected chi connectivity index (χ2v) is 6.41. The molecule has 1 aromatic heterocycles. The standard InChI is InChI=1S/C18H25N5O/c1-13-14(2)19-18(21(3)4)20-17(13)23-11-9-22(10-12-23)15-7-5-6-8-16(15)24/h5-8,24H,9-12H2,1-4H3. The van der Waals surface area contributed by atoms with E-state index in [1.54, 1.807) is 6.07 Å². The molecule has 0 radical (unpaired) electrons. The molecular formula is C18H25N5O. The molecule has 1 N–H and O–H groups in total. The molecule has 24 heavy (non-hydrogen) atoms. The Morgan fingerprint density at radius 1 is 0.958 bits per heavy atom. The lowest BCUT2D eigenvalue weighted by atomic mass is 10.2. The second-order valence-electron chi connectivity index (χ2n) is 6.41. The van der Waals surface area contributed by atoms with Crippen LogP contribution in [0.3, 0.4) is 0 Å². The molecule has 0 aliphatic carbocycles. The highest BCUT2D eigenvalue weighted by atomic mass is 16.3. The smallest absolute Gasteiger partial charge is 0.227 e. The Hall–Kier alpha value is -2.50. The molecule has 2 heterocycles. The van der Waals surface area contributed by atoms with Crippen molar-refractivity contribution < 1.29 is 5.11 Å². The zero-order valence-corrected chi connectivity index (χ0v) is 14.8. The minimum atomic E-state index is 0.343.